The van der Waals surface area contributed by atoms with E-state index in [1.807, 2.05) is 6.07 Å². The summed E-state index contributed by atoms with van der Waals surface area (Å²) in [6.45, 7) is 0. The van der Waals surface area contributed by atoms with Crippen molar-refractivity contribution >= 4 is 9.73 Å². The number of hydrogen-bond acceptors (Lipinski definition) is 3. The van der Waals surface area contributed by atoms with Crippen molar-refractivity contribution in [3.63, 3.8) is 0 Å². The molecule has 3 nitrogen and oxygen atoms in total. The molecule has 0 bridgehead atoms. The predicted octanol–water partition coefficient (Wildman–Crippen LogP) is 1.36. The van der Waals surface area contributed by atoms with Crippen LogP contribution in [0, 0.1) is 16.1 Å². The first-order chi connectivity index (χ1) is 4.56. The molecular formula is C6H12N2OS. The third-order valence-corrected chi connectivity index (χ3v) is 2.14. The van der Waals surface area contributed by atoms with Crippen LogP contribution in [0.3, 0.4) is 0 Å². The molecule has 10 heavy (non-hydrogen) atoms. The lowest BCUT2D eigenvalue weighted by atomic mass is 10.3. The van der Waals surface area contributed by atoms with Crippen LogP contribution in [0.2, 0.25) is 0 Å². The maximum atomic E-state index is 10.7. The van der Waals surface area contributed by atoms with E-state index in [9.17, 15) is 4.21 Å². The predicted molar refractivity (Wildman–Crippen MR) is 41.1 cm³/mol. The van der Waals surface area contributed by atoms with Gasteiger partial charge in [0.25, 0.3) is 0 Å². The Balaban J connectivity index is 3.32. The maximum absolute atomic E-state index is 10.7. The van der Waals surface area contributed by atoms with Gasteiger partial charge in [0.1, 0.15) is 0 Å². The van der Waals surface area contributed by atoms with Gasteiger partial charge in [0.05, 0.1) is 6.07 Å². The van der Waals surface area contributed by atoms with Gasteiger partial charge in [0.2, 0.25) is 0 Å². The molecule has 0 aliphatic heterocycles. The molecule has 0 heterocycles. The first-order valence-electron chi connectivity index (χ1n) is 3.14. The zero-order chi connectivity index (χ0) is 8.04. The van der Waals surface area contributed by atoms with E-state index in [0.717, 1.165) is 12.8 Å². The summed E-state index contributed by atoms with van der Waals surface area (Å²) in [6.07, 6.45) is 3.43. The number of unbranched alkanes of at least 4 members (excludes halogenated alkanes) is 2. The van der Waals surface area contributed by atoms with Crippen molar-refractivity contribution in [2.45, 2.75) is 19.3 Å². The summed E-state index contributed by atoms with van der Waals surface area (Å²) in [6, 6.07) is 2.00. The average Bonchev–Trinajstić information content (AvgIpc) is 1.78. The van der Waals surface area contributed by atoms with E-state index in [-0.39, 0.29) is 0 Å². The van der Waals surface area contributed by atoms with E-state index in [1.54, 1.807) is 0 Å². The highest BCUT2D eigenvalue weighted by Gasteiger charge is 1.95. The van der Waals surface area contributed by atoms with Crippen molar-refractivity contribution in [3.8, 4) is 6.07 Å². The van der Waals surface area contributed by atoms with Gasteiger partial charge in [-0.25, -0.2) is 0 Å². The van der Waals surface area contributed by atoms with Gasteiger partial charge < -0.3 is 0 Å². The topological polar surface area (TPSA) is 64.7 Å². The Hall–Kier alpha value is -0.560. The second kappa shape index (κ2) is 4.29. The molecule has 0 aromatic rings. The normalized spacial score (nSPS) is 15.6. The Bertz CT molecular complexity index is 212. The third-order valence-electron chi connectivity index (χ3n) is 1.07. The van der Waals surface area contributed by atoms with E-state index in [1.165, 1.54) is 6.26 Å². The zero-order valence-corrected chi connectivity index (χ0v) is 6.91. The largest absolute Gasteiger partial charge is 0.253 e. The van der Waals surface area contributed by atoms with E-state index < -0.39 is 9.73 Å². The third kappa shape index (κ3) is 7.44. The molecule has 0 radical (unpaired) electrons. The zero-order valence-electron chi connectivity index (χ0n) is 6.09. The molecule has 0 aliphatic rings. The van der Waals surface area contributed by atoms with Crippen LogP contribution in [-0.4, -0.2) is 16.2 Å². The van der Waals surface area contributed by atoms with Gasteiger partial charge >= 0.3 is 0 Å². The average molecular weight is 160 g/mol. The molecule has 0 rings (SSSR count). The first kappa shape index (κ1) is 9.44. The van der Waals surface area contributed by atoms with Crippen molar-refractivity contribution < 1.29 is 4.21 Å². The second-order valence-corrected chi connectivity index (χ2v) is 4.74. The molecule has 0 aliphatic carbocycles. The van der Waals surface area contributed by atoms with Gasteiger partial charge in [-0.05, 0) is 12.8 Å². The standard InChI is InChI=1S/C6H12N2OS/c1-10(8,9)6-4-2-3-5-7/h8H,2-4,6H2,1H3/t10-/m0/s1. The Labute approximate surface area is 62.0 Å². The van der Waals surface area contributed by atoms with E-state index in [0.29, 0.717) is 12.2 Å². The minimum absolute atomic E-state index is 0.425. The van der Waals surface area contributed by atoms with Gasteiger partial charge in [-0.3, -0.25) is 8.99 Å². The lowest BCUT2D eigenvalue weighted by Crippen LogP contribution is -2.00. The molecule has 0 aromatic heterocycles. The summed E-state index contributed by atoms with van der Waals surface area (Å²) >= 11 is 0. The lowest BCUT2D eigenvalue weighted by molar-refractivity contribution is 0.674. The fraction of sp³-hybridized carbons (Fsp3) is 0.833. The summed E-state index contributed by atoms with van der Waals surface area (Å²) < 4.78 is 17.7. The Kier molecular flexibility index (Phi) is 4.05. The Morgan fingerprint density at radius 3 is 2.60 bits per heavy atom. The number of rotatable bonds is 4. The lowest BCUT2D eigenvalue weighted by Gasteiger charge is -1.96. The fourth-order valence-corrected chi connectivity index (χ4v) is 1.34. The number of nitrogens with one attached hydrogen (secondary N) is 1. The molecule has 0 amide bonds. The number of hydrogen-bond donors (Lipinski definition) is 1. The smallest absolute Gasteiger partial charge is 0.0621 e. The van der Waals surface area contributed by atoms with Crippen molar-refractivity contribution in [1.29, 1.82) is 10.0 Å². The van der Waals surface area contributed by atoms with Crippen LogP contribution in [0.4, 0.5) is 0 Å². The van der Waals surface area contributed by atoms with Crippen LogP contribution in [0.25, 0.3) is 0 Å². The molecule has 0 saturated heterocycles. The molecule has 0 unspecified atom stereocenters. The number of nitrogens with zero attached hydrogens (tertiary/aromatic N) is 1. The summed E-state index contributed by atoms with van der Waals surface area (Å²) in [5, 5.41) is 8.13. The fourth-order valence-electron chi connectivity index (χ4n) is 0.582. The SMILES string of the molecule is C[S@](=N)(=O)CCCCC#N. The molecule has 0 saturated carbocycles. The summed E-state index contributed by atoms with van der Waals surface area (Å²) in [7, 11) is -2.31. The highest BCUT2D eigenvalue weighted by molar-refractivity contribution is 7.91. The Morgan fingerprint density at radius 1 is 1.60 bits per heavy atom. The van der Waals surface area contributed by atoms with Crippen LogP contribution >= 0.6 is 0 Å². The van der Waals surface area contributed by atoms with E-state index in [4.69, 9.17) is 10.0 Å². The van der Waals surface area contributed by atoms with E-state index in [2.05, 4.69) is 0 Å². The van der Waals surface area contributed by atoms with Gasteiger partial charge in [-0.1, -0.05) is 0 Å². The number of nitriles is 1. The van der Waals surface area contributed by atoms with Crippen LogP contribution < -0.4 is 0 Å². The molecule has 1 atom stereocenters. The van der Waals surface area contributed by atoms with Crippen LogP contribution in [0.15, 0.2) is 0 Å². The van der Waals surface area contributed by atoms with Gasteiger partial charge in [-0.2, -0.15) is 5.26 Å². The highest BCUT2D eigenvalue weighted by atomic mass is 32.2. The van der Waals surface area contributed by atoms with Gasteiger partial charge in [-0.15, -0.1) is 0 Å². The molecule has 58 valence electrons. The molecule has 0 aromatic carbocycles. The van der Waals surface area contributed by atoms with Crippen molar-refractivity contribution in [3.05, 3.63) is 0 Å². The first-order valence-corrected chi connectivity index (χ1v) is 5.28. The molecule has 4 heteroatoms. The summed E-state index contributed by atoms with van der Waals surface area (Å²) in [4.78, 5) is 0. The van der Waals surface area contributed by atoms with Crippen molar-refractivity contribution in [1.82, 2.24) is 0 Å². The highest BCUT2D eigenvalue weighted by Crippen LogP contribution is 1.97. The molecule has 0 fully saturated rings. The maximum Gasteiger partial charge on any atom is 0.0621 e. The minimum atomic E-state index is -2.31. The molecule has 0 spiro atoms. The second-order valence-electron chi connectivity index (χ2n) is 2.32. The van der Waals surface area contributed by atoms with Gasteiger partial charge in [0.15, 0.2) is 0 Å². The summed E-state index contributed by atoms with van der Waals surface area (Å²) in [5.74, 6) is 0.425. The monoisotopic (exact) mass is 160 g/mol. The Morgan fingerprint density at radius 2 is 2.20 bits per heavy atom. The van der Waals surface area contributed by atoms with Gasteiger partial charge in [0, 0.05) is 28.2 Å². The molecular weight excluding hydrogens is 148 g/mol. The minimum Gasteiger partial charge on any atom is -0.253 e. The summed E-state index contributed by atoms with van der Waals surface area (Å²) in [5.41, 5.74) is 0. The van der Waals surface area contributed by atoms with Crippen LogP contribution in [-0.2, 0) is 9.73 Å². The van der Waals surface area contributed by atoms with Crippen molar-refractivity contribution in [2.75, 3.05) is 12.0 Å². The van der Waals surface area contributed by atoms with Crippen LogP contribution in [0.5, 0.6) is 0 Å². The van der Waals surface area contributed by atoms with E-state index >= 15 is 0 Å². The van der Waals surface area contributed by atoms with Crippen LogP contribution in [0.1, 0.15) is 19.3 Å². The quantitative estimate of drug-likeness (QED) is 0.631. The van der Waals surface area contributed by atoms with Crippen molar-refractivity contribution in [2.24, 2.45) is 0 Å². The molecule has 1 N–H and O–H groups in total.